The van der Waals surface area contributed by atoms with E-state index in [1.807, 2.05) is 0 Å². The van der Waals surface area contributed by atoms with Gasteiger partial charge in [-0.2, -0.15) is 0 Å². The fourth-order valence-corrected chi connectivity index (χ4v) is 2.91. The van der Waals surface area contributed by atoms with Crippen molar-refractivity contribution in [1.82, 2.24) is 11.5 Å². The number of carboxylic acids is 1. The molecule has 1 rings (SSSR count). The second-order valence-electron chi connectivity index (χ2n) is 7.18. The van der Waals surface area contributed by atoms with Crippen molar-refractivity contribution in [3.05, 3.63) is 12.2 Å². The number of nitrogens with one attached hydrogen (secondary N) is 1. The Morgan fingerprint density at radius 3 is 1.85 bits per heavy atom. The Morgan fingerprint density at radius 2 is 1.44 bits per heavy atom. The molecule has 1 heterocycles. The number of allylic oxidation sites excluding steroid dienone is 2. The van der Waals surface area contributed by atoms with Gasteiger partial charge in [0.05, 0.1) is 0 Å². The summed E-state index contributed by atoms with van der Waals surface area (Å²) in [4.78, 5) is 20.5. The van der Waals surface area contributed by atoms with Crippen molar-refractivity contribution >= 4 is 11.9 Å². The molecule has 0 aromatic carbocycles. The lowest BCUT2D eigenvalue weighted by molar-refractivity contribution is -0.137. The van der Waals surface area contributed by atoms with Crippen molar-refractivity contribution in [3.63, 3.8) is 0 Å². The van der Waals surface area contributed by atoms with E-state index >= 15 is 0 Å². The summed E-state index contributed by atoms with van der Waals surface area (Å²) in [7, 11) is 0. The molecule has 0 aromatic heterocycles. The van der Waals surface area contributed by atoms with Gasteiger partial charge in [0.15, 0.2) is 0 Å². The molecule has 0 bridgehead atoms. The third-order valence-corrected chi connectivity index (χ3v) is 4.56. The van der Waals surface area contributed by atoms with Crippen LogP contribution >= 0.6 is 0 Å². The highest BCUT2D eigenvalue weighted by molar-refractivity contribution is 5.77. The zero-order valence-corrected chi connectivity index (χ0v) is 17.6. The van der Waals surface area contributed by atoms with Crippen molar-refractivity contribution in [2.75, 3.05) is 6.54 Å². The number of amides is 1. The molecule has 0 spiro atoms. The SMILES string of the molecule is CCCCCCCCC=CCCCCCCCC(=O)O.N.O=C1CCCN1. The van der Waals surface area contributed by atoms with Crippen LogP contribution in [0.25, 0.3) is 0 Å². The minimum Gasteiger partial charge on any atom is -0.481 e. The smallest absolute Gasteiger partial charge is 0.303 e. The lowest BCUT2D eigenvalue weighted by Gasteiger charge is -1.99. The van der Waals surface area contributed by atoms with Crippen LogP contribution in [0.2, 0.25) is 0 Å². The van der Waals surface area contributed by atoms with Crippen molar-refractivity contribution in [2.45, 2.75) is 110 Å². The van der Waals surface area contributed by atoms with Gasteiger partial charge in [-0.25, -0.2) is 0 Å². The Kier molecular flexibility index (Phi) is 23.4. The predicted octanol–water partition coefficient (Wildman–Crippen LogP) is 6.17. The van der Waals surface area contributed by atoms with Crippen LogP contribution in [0.5, 0.6) is 0 Å². The first-order chi connectivity index (χ1) is 12.7. The summed E-state index contributed by atoms with van der Waals surface area (Å²) >= 11 is 0. The second kappa shape index (κ2) is 22.7. The molecule has 0 radical (unpaired) electrons. The summed E-state index contributed by atoms with van der Waals surface area (Å²) < 4.78 is 0. The Hall–Kier alpha value is -1.36. The summed E-state index contributed by atoms with van der Waals surface area (Å²) in [5.41, 5.74) is 0. The molecular formula is C22H44N2O3. The van der Waals surface area contributed by atoms with Crippen LogP contribution in [0.1, 0.15) is 110 Å². The maximum Gasteiger partial charge on any atom is 0.303 e. The maximum absolute atomic E-state index is 10.3. The highest BCUT2D eigenvalue weighted by Crippen LogP contribution is 2.09. The van der Waals surface area contributed by atoms with E-state index in [2.05, 4.69) is 24.4 Å². The number of carbonyl (C=O) groups is 2. The van der Waals surface area contributed by atoms with E-state index in [0.717, 1.165) is 32.2 Å². The highest BCUT2D eigenvalue weighted by Gasteiger charge is 2.05. The van der Waals surface area contributed by atoms with E-state index in [1.165, 1.54) is 70.6 Å². The lowest BCUT2D eigenvalue weighted by Crippen LogP contribution is -2.12. The molecule has 5 N–H and O–H groups in total. The summed E-state index contributed by atoms with van der Waals surface area (Å²) in [5.74, 6) is -0.461. The van der Waals surface area contributed by atoms with Crippen LogP contribution in [-0.2, 0) is 9.59 Å². The number of carboxylic acid groups (broad SMARTS) is 1. The van der Waals surface area contributed by atoms with Crippen LogP contribution in [0, 0.1) is 0 Å². The average Bonchev–Trinajstić information content (AvgIpc) is 3.09. The maximum atomic E-state index is 10.3. The first-order valence-corrected chi connectivity index (χ1v) is 10.8. The standard InChI is InChI=1S/C18H34O2.C4H7NO.H3N/c1-2-3-4-5-6-7-8-9-10-11-12-13-14-15-16-17-18(19)20;6-4-2-1-3-5-4;/h9-10H,2-8,11-17H2,1H3,(H,19,20);1-3H2,(H,5,6);1H3. The van der Waals surface area contributed by atoms with Crippen molar-refractivity contribution in [3.8, 4) is 0 Å². The number of rotatable bonds is 15. The number of aliphatic carboxylic acids is 1. The van der Waals surface area contributed by atoms with Gasteiger partial charge >= 0.3 is 5.97 Å². The molecule has 0 aromatic rings. The predicted molar refractivity (Wildman–Crippen MR) is 114 cm³/mol. The molecule has 1 fully saturated rings. The molecule has 0 saturated carbocycles. The molecule has 1 saturated heterocycles. The summed E-state index contributed by atoms with van der Waals surface area (Å²) in [6.45, 7) is 3.15. The Morgan fingerprint density at radius 1 is 0.926 bits per heavy atom. The van der Waals surface area contributed by atoms with Gasteiger partial charge in [0, 0.05) is 19.4 Å². The van der Waals surface area contributed by atoms with E-state index in [1.54, 1.807) is 0 Å². The molecule has 0 aliphatic carbocycles. The van der Waals surface area contributed by atoms with E-state index in [4.69, 9.17) is 5.11 Å². The zero-order valence-electron chi connectivity index (χ0n) is 17.6. The minimum absolute atomic E-state index is 0. The number of carbonyl (C=O) groups excluding carboxylic acids is 1. The fraction of sp³-hybridized carbons (Fsp3) is 0.818. The molecule has 0 atom stereocenters. The summed E-state index contributed by atoms with van der Waals surface area (Å²) in [6.07, 6.45) is 23.0. The number of hydrogen-bond acceptors (Lipinski definition) is 3. The summed E-state index contributed by atoms with van der Waals surface area (Å²) in [5, 5.41) is 11.2. The quantitative estimate of drug-likeness (QED) is 0.232. The van der Waals surface area contributed by atoms with E-state index in [-0.39, 0.29) is 12.1 Å². The molecular weight excluding hydrogens is 340 g/mol. The molecule has 0 unspecified atom stereocenters. The van der Waals surface area contributed by atoms with Crippen LogP contribution in [0.4, 0.5) is 0 Å². The van der Waals surface area contributed by atoms with Gasteiger partial charge in [-0.1, -0.05) is 70.4 Å². The first-order valence-electron chi connectivity index (χ1n) is 10.8. The van der Waals surface area contributed by atoms with Gasteiger partial charge in [-0.3, -0.25) is 9.59 Å². The first kappa shape index (κ1) is 27.9. The van der Waals surface area contributed by atoms with Crippen LogP contribution in [0.3, 0.4) is 0 Å². The Labute approximate surface area is 167 Å². The van der Waals surface area contributed by atoms with Crippen LogP contribution in [0.15, 0.2) is 12.2 Å². The molecule has 5 heteroatoms. The van der Waals surface area contributed by atoms with E-state index in [9.17, 15) is 9.59 Å². The monoisotopic (exact) mass is 384 g/mol. The summed E-state index contributed by atoms with van der Waals surface area (Å²) in [6, 6.07) is 0. The van der Waals surface area contributed by atoms with Crippen LogP contribution in [-0.4, -0.2) is 23.5 Å². The Bertz CT molecular complexity index is 363. The van der Waals surface area contributed by atoms with Gasteiger partial charge in [0.1, 0.15) is 0 Å². The third kappa shape index (κ3) is 24.6. The number of hydrogen-bond donors (Lipinski definition) is 3. The zero-order chi connectivity index (χ0) is 19.3. The third-order valence-electron chi connectivity index (χ3n) is 4.56. The number of unbranched alkanes of at least 4 members (excludes halogenated alkanes) is 11. The topological polar surface area (TPSA) is 101 Å². The van der Waals surface area contributed by atoms with Crippen molar-refractivity contribution in [2.24, 2.45) is 0 Å². The molecule has 1 aliphatic rings. The molecule has 1 aliphatic heterocycles. The highest BCUT2D eigenvalue weighted by atomic mass is 16.4. The van der Waals surface area contributed by atoms with E-state index in [0.29, 0.717) is 6.42 Å². The molecule has 160 valence electrons. The van der Waals surface area contributed by atoms with Crippen molar-refractivity contribution < 1.29 is 14.7 Å². The second-order valence-corrected chi connectivity index (χ2v) is 7.18. The van der Waals surface area contributed by atoms with Gasteiger partial charge in [-0.05, 0) is 38.5 Å². The average molecular weight is 385 g/mol. The lowest BCUT2D eigenvalue weighted by atomic mass is 10.1. The molecule has 5 nitrogen and oxygen atoms in total. The van der Waals surface area contributed by atoms with Crippen LogP contribution < -0.4 is 11.5 Å². The van der Waals surface area contributed by atoms with E-state index < -0.39 is 5.97 Å². The van der Waals surface area contributed by atoms with Crippen molar-refractivity contribution in [1.29, 1.82) is 0 Å². The van der Waals surface area contributed by atoms with Gasteiger partial charge in [0.2, 0.25) is 5.91 Å². The largest absolute Gasteiger partial charge is 0.481 e. The van der Waals surface area contributed by atoms with Gasteiger partial charge < -0.3 is 16.6 Å². The fourth-order valence-electron chi connectivity index (χ4n) is 2.91. The Balaban J connectivity index is 0. The molecule has 1 amide bonds. The normalized spacial score (nSPS) is 13.0. The van der Waals surface area contributed by atoms with Gasteiger partial charge in [-0.15, -0.1) is 0 Å². The minimum atomic E-state index is -0.664. The van der Waals surface area contributed by atoms with Gasteiger partial charge in [0.25, 0.3) is 0 Å². The molecule has 27 heavy (non-hydrogen) atoms.